The van der Waals surface area contributed by atoms with E-state index in [0.717, 1.165) is 5.56 Å². The fourth-order valence-electron chi connectivity index (χ4n) is 2.57. The van der Waals surface area contributed by atoms with E-state index in [1.54, 1.807) is 30.3 Å². The van der Waals surface area contributed by atoms with Crippen molar-refractivity contribution in [1.29, 1.82) is 0 Å². The highest BCUT2D eigenvalue weighted by Gasteiger charge is 2.15. The molecule has 0 spiro atoms. The number of nitrogens with one attached hydrogen (secondary N) is 2. The fourth-order valence-corrected chi connectivity index (χ4v) is 2.57. The van der Waals surface area contributed by atoms with E-state index in [-0.39, 0.29) is 19.8 Å². The van der Waals surface area contributed by atoms with Crippen LogP contribution in [-0.2, 0) is 16.1 Å². The lowest BCUT2D eigenvalue weighted by Crippen LogP contribution is -2.27. The summed E-state index contributed by atoms with van der Waals surface area (Å²) in [5.74, 6) is 1.52. The van der Waals surface area contributed by atoms with Crippen LogP contribution in [0.25, 0.3) is 0 Å². The number of ether oxygens (including phenoxy) is 4. The van der Waals surface area contributed by atoms with Gasteiger partial charge >= 0.3 is 0 Å². The SMILES string of the molecule is COc1ccc(OC)c(NC(=O)CC(=O)NCc2ccc3c(c2)OCO3)c1. The van der Waals surface area contributed by atoms with Gasteiger partial charge in [0.2, 0.25) is 18.6 Å². The summed E-state index contributed by atoms with van der Waals surface area (Å²) >= 11 is 0. The summed E-state index contributed by atoms with van der Waals surface area (Å²) in [4.78, 5) is 24.2. The van der Waals surface area contributed by atoms with Gasteiger partial charge in [-0.05, 0) is 29.8 Å². The molecule has 27 heavy (non-hydrogen) atoms. The molecule has 0 aromatic heterocycles. The van der Waals surface area contributed by atoms with Crippen LogP contribution < -0.4 is 29.6 Å². The first-order valence-corrected chi connectivity index (χ1v) is 8.26. The smallest absolute Gasteiger partial charge is 0.233 e. The van der Waals surface area contributed by atoms with Crippen LogP contribution in [0.15, 0.2) is 36.4 Å². The Kier molecular flexibility index (Phi) is 5.65. The molecule has 2 amide bonds. The minimum atomic E-state index is -0.454. The Morgan fingerprint density at radius 1 is 1.00 bits per heavy atom. The Bertz CT molecular complexity index is 852. The lowest BCUT2D eigenvalue weighted by atomic mass is 10.2. The van der Waals surface area contributed by atoms with Gasteiger partial charge in [-0.2, -0.15) is 0 Å². The molecule has 2 N–H and O–H groups in total. The van der Waals surface area contributed by atoms with Gasteiger partial charge in [-0.15, -0.1) is 0 Å². The number of hydrogen-bond donors (Lipinski definition) is 2. The molecule has 0 aliphatic carbocycles. The molecule has 0 fully saturated rings. The van der Waals surface area contributed by atoms with E-state index in [2.05, 4.69) is 10.6 Å². The van der Waals surface area contributed by atoms with Crippen LogP contribution in [0, 0.1) is 0 Å². The number of hydrogen-bond acceptors (Lipinski definition) is 6. The van der Waals surface area contributed by atoms with E-state index in [9.17, 15) is 9.59 Å². The standard InChI is InChI=1S/C19H20N2O6/c1-24-13-4-6-15(25-2)14(8-13)21-19(23)9-18(22)20-10-12-3-5-16-17(7-12)27-11-26-16/h3-8H,9-11H2,1-2H3,(H,20,22)(H,21,23). The van der Waals surface area contributed by atoms with E-state index in [0.29, 0.717) is 28.7 Å². The number of benzene rings is 2. The average Bonchev–Trinajstić information content (AvgIpc) is 3.14. The molecule has 1 heterocycles. The highest BCUT2D eigenvalue weighted by Crippen LogP contribution is 2.32. The normalized spacial score (nSPS) is 11.6. The molecule has 0 saturated carbocycles. The highest BCUT2D eigenvalue weighted by molar-refractivity contribution is 6.04. The summed E-state index contributed by atoms with van der Waals surface area (Å²) in [5.41, 5.74) is 1.29. The molecule has 0 radical (unpaired) electrons. The van der Waals surface area contributed by atoms with Gasteiger partial charge in [0.1, 0.15) is 17.9 Å². The van der Waals surface area contributed by atoms with Gasteiger partial charge in [-0.3, -0.25) is 9.59 Å². The molecule has 3 rings (SSSR count). The van der Waals surface area contributed by atoms with Gasteiger partial charge in [0.25, 0.3) is 0 Å². The van der Waals surface area contributed by atoms with Crippen LogP contribution in [0.2, 0.25) is 0 Å². The monoisotopic (exact) mass is 372 g/mol. The van der Waals surface area contributed by atoms with E-state index < -0.39 is 11.8 Å². The Balaban J connectivity index is 1.53. The Labute approximate surface area is 156 Å². The summed E-state index contributed by atoms with van der Waals surface area (Å²) in [5, 5.41) is 5.36. The van der Waals surface area contributed by atoms with Gasteiger partial charge in [-0.25, -0.2) is 0 Å². The van der Waals surface area contributed by atoms with Gasteiger partial charge in [0.15, 0.2) is 11.5 Å². The van der Waals surface area contributed by atoms with Crippen molar-refractivity contribution in [3.63, 3.8) is 0 Å². The summed E-state index contributed by atoms with van der Waals surface area (Å²) in [6, 6.07) is 10.4. The second kappa shape index (κ2) is 8.31. The van der Waals surface area contributed by atoms with Crippen molar-refractivity contribution in [1.82, 2.24) is 5.32 Å². The van der Waals surface area contributed by atoms with Crippen molar-refractivity contribution < 1.29 is 28.5 Å². The van der Waals surface area contributed by atoms with Crippen LogP contribution in [-0.4, -0.2) is 32.8 Å². The van der Waals surface area contributed by atoms with Crippen molar-refractivity contribution in [3.05, 3.63) is 42.0 Å². The van der Waals surface area contributed by atoms with E-state index in [1.807, 2.05) is 6.07 Å². The van der Waals surface area contributed by atoms with Crippen LogP contribution in [0.4, 0.5) is 5.69 Å². The zero-order chi connectivity index (χ0) is 19.2. The molecule has 1 aliphatic rings. The fraction of sp³-hybridized carbons (Fsp3) is 0.263. The number of rotatable bonds is 7. The predicted molar refractivity (Wildman–Crippen MR) is 97.2 cm³/mol. The largest absolute Gasteiger partial charge is 0.497 e. The third-order valence-corrected chi connectivity index (χ3v) is 3.93. The summed E-state index contributed by atoms with van der Waals surface area (Å²) in [7, 11) is 3.02. The third kappa shape index (κ3) is 4.60. The molecular weight excluding hydrogens is 352 g/mol. The second-order valence-electron chi connectivity index (χ2n) is 5.76. The number of anilines is 1. The molecule has 142 valence electrons. The Morgan fingerprint density at radius 3 is 2.59 bits per heavy atom. The number of methoxy groups -OCH3 is 2. The number of fused-ring (bicyclic) bond motifs is 1. The first-order valence-electron chi connectivity index (χ1n) is 8.26. The summed E-state index contributed by atoms with van der Waals surface area (Å²) < 4.78 is 20.9. The van der Waals surface area contributed by atoms with Crippen molar-refractivity contribution in [2.24, 2.45) is 0 Å². The topological polar surface area (TPSA) is 95.1 Å². The van der Waals surface area contributed by atoms with Gasteiger partial charge < -0.3 is 29.6 Å². The lowest BCUT2D eigenvalue weighted by molar-refractivity contribution is -0.126. The van der Waals surface area contributed by atoms with Crippen LogP contribution in [0.5, 0.6) is 23.0 Å². The van der Waals surface area contributed by atoms with Crippen molar-refractivity contribution >= 4 is 17.5 Å². The first kappa shape index (κ1) is 18.4. The Hall–Kier alpha value is -3.42. The van der Waals surface area contributed by atoms with Gasteiger partial charge in [0, 0.05) is 12.6 Å². The van der Waals surface area contributed by atoms with Crippen molar-refractivity contribution in [2.75, 3.05) is 26.3 Å². The van der Waals surface area contributed by atoms with E-state index in [1.165, 1.54) is 14.2 Å². The Morgan fingerprint density at radius 2 is 1.81 bits per heavy atom. The highest BCUT2D eigenvalue weighted by atomic mass is 16.7. The first-order chi connectivity index (χ1) is 13.1. The molecular formula is C19H20N2O6. The summed E-state index contributed by atoms with van der Waals surface area (Å²) in [6.07, 6.45) is -0.315. The average molecular weight is 372 g/mol. The van der Waals surface area contributed by atoms with Crippen molar-refractivity contribution in [2.45, 2.75) is 13.0 Å². The number of carbonyl (C=O) groups is 2. The predicted octanol–water partition coefficient (Wildman–Crippen LogP) is 2.08. The molecule has 1 aliphatic heterocycles. The molecule has 2 aromatic carbocycles. The summed E-state index contributed by atoms with van der Waals surface area (Å²) in [6.45, 7) is 0.476. The second-order valence-corrected chi connectivity index (χ2v) is 5.76. The quantitative estimate of drug-likeness (QED) is 0.723. The van der Waals surface area contributed by atoms with E-state index in [4.69, 9.17) is 18.9 Å². The maximum atomic E-state index is 12.2. The molecule has 0 atom stereocenters. The molecule has 2 aromatic rings. The molecule has 8 nitrogen and oxygen atoms in total. The minimum absolute atomic E-state index is 0.194. The van der Waals surface area contributed by atoms with Crippen LogP contribution in [0.1, 0.15) is 12.0 Å². The van der Waals surface area contributed by atoms with Crippen LogP contribution >= 0.6 is 0 Å². The van der Waals surface area contributed by atoms with E-state index >= 15 is 0 Å². The maximum Gasteiger partial charge on any atom is 0.233 e. The molecule has 0 bridgehead atoms. The minimum Gasteiger partial charge on any atom is -0.497 e. The van der Waals surface area contributed by atoms with Gasteiger partial charge in [-0.1, -0.05) is 6.07 Å². The van der Waals surface area contributed by atoms with Crippen LogP contribution in [0.3, 0.4) is 0 Å². The third-order valence-electron chi connectivity index (χ3n) is 3.93. The molecule has 8 heteroatoms. The van der Waals surface area contributed by atoms with Gasteiger partial charge in [0.05, 0.1) is 19.9 Å². The zero-order valence-electron chi connectivity index (χ0n) is 15.0. The maximum absolute atomic E-state index is 12.2. The zero-order valence-corrected chi connectivity index (χ0v) is 15.0. The number of amides is 2. The molecule has 0 saturated heterocycles. The molecule has 0 unspecified atom stereocenters. The lowest BCUT2D eigenvalue weighted by Gasteiger charge is -2.12. The van der Waals surface area contributed by atoms with Crippen molar-refractivity contribution in [3.8, 4) is 23.0 Å². The number of carbonyl (C=O) groups excluding carboxylic acids is 2.